The minimum atomic E-state index is -3.22. The number of hydrogen-bond donors (Lipinski definition) is 0. The average molecular weight is 279 g/mol. The van der Waals surface area contributed by atoms with E-state index < -0.39 is 21.7 Å². The predicted octanol–water partition coefficient (Wildman–Crippen LogP) is -0.457. The molecule has 1 aliphatic rings. The van der Waals surface area contributed by atoms with Gasteiger partial charge in [0.1, 0.15) is 0 Å². The zero-order chi connectivity index (χ0) is 13.6. The SMILES string of the molecule is COC(=O)C(C)CS(=O)(=O)CCN1CCOCC1. The van der Waals surface area contributed by atoms with Crippen molar-refractivity contribution in [3.63, 3.8) is 0 Å². The fraction of sp³-hybridized carbons (Fsp3) is 0.909. The zero-order valence-corrected chi connectivity index (χ0v) is 11.7. The lowest BCUT2D eigenvalue weighted by atomic mass is 10.2. The molecular formula is C11H21NO5S. The van der Waals surface area contributed by atoms with Crippen LogP contribution in [0.15, 0.2) is 0 Å². The summed E-state index contributed by atoms with van der Waals surface area (Å²) < 4.78 is 33.4. The van der Waals surface area contributed by atoms with E-state index in [0.29, 0.717) is 19.8 Å². The highest BCUT2D eigenvalue weighted by atomic mass is 32.2. The number of ether oxygens (including phenoxy) is 2. The molecule has 1 unspecified atom stereocenters. The number of nitrogens with zero attached hydrogens (tertiary/aromatic N) is 1. The predicted molar refractivity (Wildman–Crippen MR) is 67.1 cm³/mol. The number of hydrogen-bond acceptors (Lipinski definition) is 6. The molecule has 0 aromatic carbocycles. The molecule has 0 aliphatic carbocycles. The Bertz CT molecular complexity index is 362. The van der Waals surface area contributed by atoms with Crippen molar-refractivity contribution in [1.82, 2.24) is 4.90 Å². The minimum Gasteiger partial charge on any atom is -0.469 e. The third kappa shape index (κ3) is 5.32. The highest BCUT2D eigenvalue weighted by Gasteiger charge is 2.23. The summed E-state index contributed by atoms with van der Waals surface area (Å²) in [6.07, 6.45) is 0. The molecule has 106 valence electrons. The molecule has 0 bridgehead atoms. The lowest BCUT2D eigenvalue weighted by Crippen LogP contribution is -2.39. The van der Waals surface area contributed by atoms with Gasteiger partial charge in [-0.1, -0.05) is 6.92 Å². The third-order valence-electron chi connectivity index (χ3n) is 2.93. The Labute approximate surface area is 108 Å². The van der Waals surface area contributed by atoms with Crippen molar-refractivity contribution in [3.05, 3.63) is 0 Å². The van der Waals surface area contributed by atoms with Crippen LogP contribution in [-0.2, 0) is 24.1 Å². The van der Waals surface area contributed by atoms with Crippen LogP contribution in [0.4, 0.5) is 0 Å². The fourth-order valence-electron chi connectivity index (χ4n) is 1.83. The number of carbonyl (C=O) groups excluding carboxylic acids is 1. The molecule has 0 aromatic heterocycles. The Morgan fingerprint density at radius 1 is 1.39 bits per heavy atom. The summed E-state index contributed by atoms with van der Waals surface area (Å²) in [7, 11) is -1.96. The summed E-state index contributed by atoms with van der Waals surface area (Å²) in [6, 6.07) is 0. The van der Waals surface area contributed by atoms with E-state index in [0.717, 1.165) is 13.1 Å². The maximum absolute atomic E-state index is 11.8. The molecule has 0 amide bonds. The smallest absolute Gasteiger partial charge is 0.309 e. The molecule has 7 heteroatoms. The van der Waals surface area contributed by atoms with Crippen LogP contribution in [0.2, 0.25) is 0 Å². The second-order valence-corrected chi connectivity index (χ2v) is 6.72. The second-order valence-electron chi connectivity index (χ2n) is 4.49. The summed E-state index contributed by atoms with van der Waals surface area (Å²) in [6.45, 7) is 4.90. The number of morpholine rings is 1. The first-order valence-corrected chi connectivity index (χ1v) is 7.85. The first kappa shape index (κ1) is 15.4. The fourth-order valence-corrected chi connectivity index (χ4v) is 3.43. The van der Waals surface area contributed by atoms with E-state index >= 15 is 0 Å². The maximum atomic E-state index is 11.8. The lowest BCUT2D eigenvalue weighted by Gasteiger charge is -2.26. The molecule has 1 heterocycles. The van der Waals surface area contributed by atoms with Gasteiger partial charge in [0.15, 0.2) is 9.84 Å². The van der Waals surface area contributed by atoms with Gasteiger partial charge in [0.05, 0.1) is 37.7 Å². The Morgan fingerprint density at radius 2 is 2.00 bits per heavy atom. The summed E-state index contributed by atoms with van der Waals surface area (Å²) >= 11 is 0. The van der Waals surface area contributed by atoms with Gasteiger partial charge in [0.25, 0.3) is 0 Å². The molecule has 1 aliphatic heterocycles. The monoisotopic (exact) mass is 279 g/mol. The van der Waals surface area contributed by atoms with E-state index in [1.807, 2.05) is 0 Å². The Hall–Kier alpha value is -0.660. The molecule has 18 heavy (non-hydrogen) atoms. The largest absolute Gasteiger partial charge is 0.469 e. The average Bonchev–Trinajstić information content (AvgIpc) is 2.36. The van der Waals surface area contributed by atoms with Gasteiger partial charge in [-0.2, -0.15) is 0 Å². The number of methoxy groups -OCH3 is 1. The molecular weight excluding hydrogens is 258 g/mol. The molecule has 1 atom stereocenters. The van der Waals surface area contributed by atoms with Crippen LogP contribution in [0, 0.1) is 5.92 Å². The van der Waals surface area contributed by atoms with Crippen molar-refractivity contribution in [2.45, 2.75) is 6.92 Å². The van der Waals surface area contributed by atoms with Crippen LogP contribution in [-0.4, -0.2) is 70.8 Å². The topological polar surface area (TPSA) is 72.9 Å². The number of rotatable bonds is 6. The van der Waals surface area contributed by atoms with Gasteiger partial charge in [-0.3, -0.25) is 9.69 Å². The quantitative estimate of drug-likeness (QED) is 0.613. The first-order chi connectivity index (χ1) is 8.44. The lowest BCUT2D eigenvalue weighted by molar-refractivity contribution is -0.144. The van der Waals surface area contributed by atoms with Gasteiger partial charge >= 0.3 is 5.97 Å². The number of carbonyl (C=O) groups is 1. The van der Waals surface area contributed by atoms with Crippen LogP contribution in [0.3, 0.4) is 0 Å². The van der Waals surface area contributed by atoms with E-state index in [1.165, 1.54) is 7.11 Å². The Morgan fingerprint density at radius 3 is 2.56 bits per heavy atom. The summed E-state index contributed by atoms with van der Waals surface area (Å²) in [5.41, 5.74) is 0. The van der Waals surface area contributed by atoms with E-state index in [9.17, 15) is 13.2 Å². The van der Waals surface area contributed by atoms with Crippen molar-refractivity contribution in [2.75, 3.05) is 51.5 Å². The first-order valence-electron chi connectivity index (χ1n) is 6.03. The van der Waals surface area contributed by atoms with Crippen LogP contribution in [0.5, 0.6) is 0 Å². The molecule has 6 nitrogen and oxygen atoms in total. The van der Waals surface area contributed by atoms with Gasteiger partial charge in [-0.05, 0) is 0 Å². The molecule has 0 aromatic rings. The van der Waals surface area contributed by atoms with Crippen LogP contribution < -0.4 is 0 Å². The highest BCUT2D eigenvalue weighted by Crippen LogP contribution is 2.05. The molecule has 1 rings (SSSR count). The van der Waals surface area contributed by atoms with Gasteiger partial charge < -0.3 is 9.47 Å². The zero-order valence-electron chi connectivity index (χ0n) is 10.9. The van der Waals surface area contributed by atoms with E-state index in [1.54, 1.807) is 6.92 Å². The summed E-state index contributed by atoms with van der Waals surface area (Å²) in [5.74, 6) is -1.16. The number of sulfone groups is 1. The summed E-state index contributed by atoms with van der Waals surface area (Å²) in [4.78, 5) is 13.2. The van der Waals surface area contributed by atoms with Crippen LogP contribution >= 0.6 is 0 Å². The van der Waals surface area contributed by atoms with Crippen molar-refractivity contribution in [2.24, 2.45) is 5.92 Å². The summed E-state index contributed by atoms with van der Waals surface area (Å²) in [5, 5.41) is 0. The number of esters is 1. The van der Waals surface area contributed by atoms with Crippen LogP contribution in [0.1, 0.15) is 6.92 Å². The van der Waals surface area contributed by atoms with Crippen molar-refractivity contribution >= 4 is 15.8 Å². The van der Waals surface area contributed by atoms with Crippen molar-refractivity contribution < 1.29 is 22.7 Å². The molecule has 0 saturated carbocycles. The van der Waals surface area contributed by atoms with Gasteiger partial charge in [-0.25, -0.2) is 8.42 Å². The molecule has 1 fully saturated rings. The normalized spacial score (nSPS) is 19.4. The van der Waals surface area contributed by atoms with E-state index in [2.05, 4.69) is 9.64 Å². The van der Waals surface area contributed by atoms with E-state index in [-0.39, 0.29) is 11.5 Å². The maximum Gasteiger partial charge on any atom is 0.309 e. The van der Waals surface area contributed by atoms with E-state index in [4.69, 9.17) is 4.74 Å². The van der Waals surface area contributed by atoms with Gasteiger partial charge in [0.2, 0.25) is 0 Å². The third-order valence-corrected chi connectivity index (χ3v) is 4.74. The standard InChI is InChI=1S/C11H21NO5S/c1-10(11(13)16-2)9-18(14,15)8-5-12-3-6-17-7-4-12/h10H,3-9H2,1-2H3. The van der Waals surface area contributed by atoms with Gasteiger partial charge in [-0.15, -0.1) is 0 Å². The molecule has 0 radical (unpaired) electrons. The highest BCUT2D eigenvalue weighted by molar-refractivity contribution is 7.91. The van der Waals surface area contributed by atoms with Crippen LogP contribution in [0.25, 0.3) is 0 Å². The molecule has 0 N–H and O–H groups in total. The molecule has 0 spiro atoms. The minimum absolute atomic E-state index is 0.0777. The Balaban J connectivity index is 2.37. The Kier molecular flexibility index (Phi) is 6.04. The van der Waals surface area contributed by atoms with Crippen molar-refractivity contribution in [1.29, 1.82) is 0 Å². The van der Waals surface area contributed by atoms with Crippen molar-refractivity contribution in [3.8, 4) is 0 Å². The van der Waals surface area contributed by atoms with Gasteiger partial charge in [0, 0.05) is 19.6 Å². The molecule has 1 saturated heterocycles. The second kappa shape index (κ2) is 7.06.